The van der Waals surface area contributed by atoms with Crippen molar-refractivity contribution in [1.82, 2.24) is 0 Å². The first-order chi connectivity index (χ1) is 10.3. The molecule has 3 heteroatoms. The second-order valence-electron chi connectivity index (χ2n) is 8.52. The lowest BCUT2D eigenvalue weighted by molar-refractivity contribution is -0.143. The number of aliphatic hydroxyl groups is 1. The molecule has 0 amide bonds. The number of esters is 1. The van der Waals surface area contributed by atoms with Gasteiger partial charge in [0.1, 0.15) is 6.10 Å². The molecule has 0 aromatic carbocycles. The normalized spacial score (nSPS) is 43.5. The number of hydrogen-bond acceptors (Lipinski definition) is 3. The van der Waals surface area contributed by atoms with E-state index in [0.717, 1.165) is 37.7 Å². The number of fused-ring (bicyclic) bond motifs is 3. The van der Waals surface area contributed by atoms with Crippen LogP contribution in [-0.2, 0) is 9.53 Å². The minimum absolute atomic E-state index is 0.0674. The van der Waals surface area contributed by atoms with Crippen molar-refractivity contribution in [2.45, 2.75) is 59.0 Å². The van der Waals surface area contributed by atoms with Crippen LogP contribution < -0.4 is 0 Å². The molecule has 0 saturated heterocycles. The fourth-order valence-electron chi connectivity index (χ4n) is 4.90. The van der Waals surface area contributed by atoms with E-state index < -0.39 is 0 Å². The van der Waals surface area contributed by atoms with Crippen LogP contribution in [0.4, 0.5) is 0 Å². The van der Waals surface area contributed by atoms with Gasteiger partial charge in [-0.05, 0) is 49.0 Å². The number of carbonyl (C=O) groups excluding carboxylic acids is 1. The SMILES string of the molecule is C=C[C@]1(C)CC[C@@]2(CO)C3=CC(=O)O[C@@H]3C(C)(C)CC[C@@H]2C1. The van der Waals surface area contributed by atoms with Crippen molar-refractivity contribution in [3.63, 3.8) is 0 Å². The van der Waals surface area contributed by atoms with Gasteiger partial charge in [-0.15, -0.1) is 6.58 Å². The van der Waals surface area contributed by atoms with Crippen LogP contribution in [0.15, 0.2) is 24.3 Å². The third-order valence-electron chi connectivity index (χ3n) is 6.62. The van der Waals surface area contributed by atoms with Crippen LogP contribution in [0.2, 0.25) is 0 Å². The summed E-state index contributed by atoms with van der Waals surface area (Å²) in [5, 5.41) is 10.3. The van der Waals surface area contributed by atoms with Crippen molar-refractivity contribution in [1.29, 1.82) is 0 Å². The Labute approximate surface area is 133 Å². The number of allylic oxidation sites excluding steroid dienone is 1. The van der Waals surface area contributed by atoms with E-state index in [1.165, 1.54) is 0 Å². The van der Waals surface area contributed by atoms with Crippen LogP contribution in [0, 0.1) is 22.2 Å². The van der Waals surface area contributed by atoms with Crippen LogP contribution in [0.3, 0.4) is 0 Å². The van der Waals surface area contributed by atoms with Crippen LogP contribution in [0.5, 0.6) is 0 Å². The highest BCUT2D eigenvalue weighted by atomic mass is 16.5. The zero-order valence-electron chi connectivity index (χ0n) is 14.0. The predicted octanol–water partition coefficient (Wildman–Crippen LogP) is 3.63. The first-order valence-electron chi connectivity index (χ1n) is 8.43. The number of carbonyl (C=O) groups is 1. The molecule has 0 radical (unpaired) electrons. The molecule has 2 saturated carbocycles. The summed E-state index contributed by atoms with van der Waals surface area (Å²) in [6, 6.07) is 0. The lowest BCUT2D eigenvalue weighted by Gasteiger charge is -2.49. The summed E-state index contributed by atoms with van der Waals surface area (Å²) in [6.45, 7) is 10.8. The van der Waals surface area contributed by atoms with Crippen LogP contribution in [0.1, 0.15) is 52.9 Å². The molecule has 3 nitrogen and oxygen atoms in total. The second kappa shape index (κ2) is 4.95. The lowest BCUT2D eigenvalue weighted by Crippen LogP contribution is -2.45. The molecular formula is C19H28O3. The molecule has 0 unspecified atom stereocenters. The average Bonchev–Trinajstić information content (AvgIpc) is 2.86. The molecule has 0 spiro atoms. The molecule has 122 valence electrons. The third kappa shape index (κ3) is 2.17. The quantitative estimate of drug-likeness (QED) is 0.626. The topological polar surface area (TPSA) is 46.5 Å². The molecule has 0 bridgehead atoms. The van der Waals surface area contributed by atoms with E-state index in [9.17, 15) is 9.90 Å². The van der Waals surface area contributed by atoms with Gasteiger partial charge in [-0.2, -0.15) is 0 Å². The molecule has 4 atom stereocenters. The van der Waals surface area contributed by atoms with Gasteiger partial charge in [0.05, 0.1) is 6.61 Å². The molecular weight excluding hydrogens is 276 g/mol. The standard InChI is InChI=1S/C19H28O3/c1-5-18(4)8-9-19(12-20)13(11-18)6-7-17(2,3)16-14(19)10-15(21)22-16/h5,10,13,16,20H,1,6-9,11-12H2,2-4H3/t13-,16+,18-,19+/m1/s1. The Balaban J connectivity index is 2.07. The molecule has 0 aromatic heterocycles. The van der Waals surface area contributed by atoms with Gasteiger partial charge >= 0.3 is 5.97 Å². The highest BCUT2D eigenvalue weighted by Crippen LogP contribution is 2.60. The smallest absolute Gasteiger partial charge is 0.331 e. The maximum Gasteiger partial charge on any atom is 0.331 e. The predicted molar refractivity (Wildman–Crippen MR) is 86.1 cm³/mol. The van der Waals surface area contributed by atoms with Crippen LogP contribution >= 0.6 is 0 Å². The molecule has 1 heterocycles. The van der Waals surface area contributed by atoms with E-state index in [1.54, 1.807) is 6.08 Å². The monoisotopic (exact) mass is 304 g/mol. The van der Waals surface area contributed by atoms with Crippen molar-refractivity contribution >= 4 is 5.97 Å². The summed E-state index contributed by atoms with van der Waals surface area (Å²) < 4.78 is 5.65. The van der Waals surface area contributed by atoms with E-state index in [1.807, 2.05) is 0 Å². The fourth-order valence-corrected chi connectivity index (χ4v) is 4.90. The Morgan fingerprint density at radius 2 is 2.09 bits per heavy atom. The molecule has 3 aliphatic rings. The maximum absolute atomic E-state index is 11.9. The first-order valence-corrected chi connectivity index (χ1v) is 8.43. The number of aliphatic hydroxyl groups excluding tert-OH is 1. The van der Waals surface area contributed by atoms with Gasteiger partial charge in [-0.3, -0.25) is 0 Å². The zero-order valence-corrected chi connectivity index (χ0v) is 14.0. The summed E-state index contributed by atoms with van der Waals surface area (Å²) in [7, 11) is 0. The Bertz CT molecular complexity index is 533. The summed E-state index contributed by atoms with van der Waals surface area (Å²) in [5.74, 6) is 0.151. The number of rotatable bonds is 2. The largest absolute Gasteiger partial charge is 0.454 e. The van der Waals surface area contributed by atoms with Crippen molar-refractivity contribution < 1.29 is 14.6 Å². The molecule has 2 aliphatic carbocycles. The van der Waals surface area contributed by atoms with E-state index in [2.05, 4.69) is 33.4 Å². The Kier molecular flexibility index (Phi) is 3.56. The lowest BCUT2D eigenvalue weighted by atomic mass is 9.55. The van der Waals surface area contributed by atoms with E-state index in [-0.39, 0.29) is 34.9 Å². The van der Waals surface area contributed by atoms with Crippen molar-refractivity contribution in [2.75, 3.05) is 6.61 Å². The minimum Gasteiger partial charge on any atom is -0.454 e. The van der Waals surface area contributed by atoms with Gasteiger partial charge in [-0.1, -0.05) is 26.8 Å². The van der Waals surface area contributed by atoms with Gasteiger partial charge in [0, 0.05) is 16.9 Å². The van der Waals surface area contributed by atoms with Crippen molar-refractivity contribution in [3.05, 3.63) is 24.3 Å². The second-order valence-corrected chi connectivity index (χ2v) is 8.52. The summed E-state index contributed by atoms with van der Waals surface area (Å²) in [4.78, 5) is 11.9. The highest BCUT2D eigenvalue weighted by molar-refractivity contribution is 5.86. The van der Waals surface area contributed by atoms with Gasteiger partial charge in [0.25, 0.3) is 0 Å². The number of hydrogen-bond donors (Lipinski definition) is 1. The van der Waals surface area contributed by atoms with Gasteiger partial charge in [0.2, 0.25) is 0 Å². The van der Waals surface area contributed by atoms with E-state index in [4.69, 9.17) is 4.74 Å². The van der Waals surface area contributed by atoms with E-state index >= 15 is 0 Å². The summed E-state index contributed by atoms with van der Waals surface area (Å²) in [6.07, 6.45) is 8.61. The van der Waals surface area contributed by atoms with Crippen molar-refractivity contribution in [2.24, 2.45) is 22.2 Å². The number of ether oxygens (including phenoxy) is 1. The molecule has 2 fully saturated rings. The average molecular weight is 304 g/mol. The van der Waals surface area contributed by atoms with Crippen molar-refractivity contribution in [3.8, 4) is 0 Å². The molecule has 22 heavy (non-hydrogen) atoms. The summed E-state index contributed by atoms with van der Waals surface area (Å²) >= 11 is 0. The molecule has 1 aliphatic heterocycles. The Morgan fingerprint density at radius 1 is 1.36 bits per heavy atom. The first kappa shape index (κ1) is 15.8. The van der Waals surface area contributed by atoms with Crippen LogP contribution in [0.25, 0.3) is 0 Å². The van der Waals surface area contributed by atoms with Crippen LogP contribution in [-0.4, -0.2) is 23.8 Å². The highest BCUT2D eigenvalue weighted by Gasteiger charge is 2.57. The maximum atomic E-state index is 11.9. The van der Waals surface area contributed by atoms with Gasteiger partial charge < -0.3 is 9.84 Å². The Morgan fingerprint density at radius 3 is 2.73 bits per heavy atom. The van der Waals surface area contributed by atoms with Gasteiger partial charge in [0.15, 0.2) is 0 Å². The minimum atomic E-state index is -0.285. The molecule has 3 rings (SSSR count). The summed E-state index contributed by atoms with van der Waals surface area (Å²) in [5.41, 5.74) is 0.839. The Hall–Kier alpha value is -1.09. The third-order valence-corrected chi connectivity index (χ3v) is 6.62. The van der Waals surface area contributed by atoms with Gasteiger partial charge in [-0.25, -0.2) is 4.79 Å². The fraction of sp³-hybridized carbons (Fsp3) is 0.737. The van der Waals surface area contributed by atoms with E-state index in [0.29, 0.717) is 5.92 Å². The zero-order chi connectivity index (χ0) is 16.2. The molecule has 1 N–H and O–H groups in total. The molecule has 0 aromatic rings.